The lowest BCUT2D eigenvalue weighted by Gasteiger charge is -2.21. The molecule has 0 heterocycles. The number of rotatable bonds is 5. The first-order chi connectivity index (χ1) is 8.97. The zero-order chi connectivity index (χ0) is 15.7. The number of carbonyl (C=O) groups is 1. The van der Waals surface area contributed by atoms with Crippen molar-refractivity contribution in [1.82, 2.24) is 4.72 Å². The predicted octanol–water partition coefficient (Wildman–Crippen LogP) is 1.58. The minimum Gasteiger partial charge on any atom is -0.399 e. The standard InChI is InChI=1S/C11H15Br2N3O3S/c1-11(2,10(15)17)5-16-20(18,19)9-7(12)3-6(14)4-8(9)13/h3-4,16H,5,14H2,1-2H3,(H2,15,17). The van der Waals surface area contributed by atoms with E-state index >= 15 is 0 Å². The van der Waals surface area contributed by atoms with Crippen molar-refractivity contribution in [2.45, 2.75) is 18.7 Å². The van der Waals surface area contributed by atoms with E-state index in [9.17, 15) is 13.2 Å². The van der Waals surface area contributed by atoms with Crippen molar-refractivity contribution in [3.63, 3.8) is 0 Å². The molecule has 9 heteroatoms. The Morgan fingerprint density at radius 2 is 1.75 bits per heavy atom. The molecular formula is C11H15Br2N3O3S. The fraction of sp³-hybridized carbons (Fsp3) is 0.364. The molecule has 0 spiro atoms. The molecule has 6 nitrogen and oxygen atoms in total. The van der Waals surface area contributed by atoms with Crippen molar-refractivity contribution in [1.29, 1.82) is 0 Å². The van der Waals surface area contributed by atoms with Gasteiger partial charge in [-0.05, 0) is 57.8 Å². The van der Waals surface area contributed by atoms with Crippen molar-refractivity contribution in [3.8, 4) is 0 Å². The van der Waals surface area contributed by atoms with E-state index in [1.807, 2.05) is 0 Å². The van der Waals surface area contributed by atoms with Crippen LogP contribution >= 0.6 is 31.9 Å². The van der Waals surface area contributed by atoms with Gasteiger partial charge in [0.15, 0.2) is 0 Å². The Morgan fingerprint density at radius 1 is 1.30 bits per heavy atom. The Balaban J connectivity index is 3.11. The van der Waals surface area contributed by atoms with Gasteiger partial charge in [0.05, 0.1) is 5.41 Å². The number of benzene rings is 1. The van der Waals surface area contributed by atoms with Crippen LogP contribution in [0.1, 0.15) is 13.8 Å². The molecule has 0 radical (unpaired) electrons. The lowest BCUT2D eigenvalue weighted by atomic mass is 9.93. The SMILES string of the molecule is CC(C)(CNS(=O)(=O)c1c(Br)cc(N)cc1Br)C(N)=O. The molecule has 20 heavy (non-hydrogen) atoms. The molecule has 112 valence electrons. The molecule has 0 bridgehead atoms. The number of nitrogens with one attached hydrogen (secondary N) is 1. The fourth-order valence-corrected chi connectivity index (χ4v) is 5.10. The molecule has 1 aromatic carbocycles. The molecule has 1 aromatic rings. The van der Waals surface area contributed by atoms with E-state index in [2.05, 4.69) is 36.6 Å². The zero-order valence-corrected chi connectivity index (χ0v) is 14.9. The minimum atomic E-state index is -3.81. The Hall–Kier alpha value is -0.640. The summed E-state index contributed by atoms with van der Waals surface area (Å²) in [6.07, 6.45) is 0. The molecule has 0 aliphatic carbocycles. The third-order valence-corrected chi connectivity index (χ3v) is 5.94. The lowest BCUT2D eigenvalue weighted by Crippen LogP contribution is -2.42. The maximum absolute atomic E-state index is 12.3. The summed E-state index contributed by atoms with van der Waals surface area (Å²) >= 11 is 6.32. The number of primary amides is 1. The first-order valence-corrected chi connectivity index (χ1v) is 8.58. The minimum absolute atomic E-state index is 0.0203. The molecule has 1 rings (SSSR count). The third kappa shape index (κ3) is 3.94. The van der Waals surface area contributed by atoms with E-state index in [-0.39, 0.29) is 11.4 Å². The Kier molecular flexibility index (Phi) is 5.23. The number of sulfonamides is 1. The van der Waals surface area contributed by atoms with Crippen LogP contribution in [0.4, 0.5) is 5.69 Å². The van der Waals surface area contributed by atoms with E-state index in [0.717, 1.165) is 0 Å². The summed E-state index contributed by atoms with van der Waals surface area (Å²) in [6.45, 7) is 3.02. The van der Waals surface area contributed by atoms with Crippen molar-refractivity contribution < 1.29 is 13.2 Å². The molecule has 0 aromatic heterocycles. The van der Waals surface area contributed by atoms with Gasteiger partial charge in [0.1, 0.15) is 4.90 Å². The van der Waals surface area contributed by atoms with Gasteiger partial charge >= 0.3 is 0 Å². The monoisotopic (exact) mass is 427 g/mol. The summed E-state index contributed by atoms with van der Waals surface area (Å²) in [5.74, 6) is -0.587. The zero-order valence-electron chi connectivity index (χ0n) is 10.9. The van der Waals surface area contributed by atoms with Crippen molar-refractivity contribution in [2.24, 2.45) is 11.1 Å². The second-order valence-corrected chi connectivity index (χ2v) is 8.30. The smallest absolute Gasteiger partial charge is 0.242 e. The molecule has 0 atom stereocenters. The second-order valence-electron chi connectivity index (χ2n) is 4.89. The van der Waals surface area contributed by atoms with Crippen molar-refractivity contribution >= 4 is 53.5 Å². The number of nitrogens with two attached hydrogens (primary N) is 2. The Labute approximate surface area is 134 Å². The molecule has 0 aliphatic rings. The van der Waals surface area contributed by atoms with Gasteiger partial charge in [-0.3, -0.25) is 4.79 Å². The summed E-state index contributed by atoms with van der Waals surface area (Å²) < 4.78 is 27.6. The van der Waals surface area contributed by atoms with E-state index in [0.29, 0.717) is 14.6 Å². The highest BCUT2D eigenvalue weighted by Crippen LogP contribution is 2.32. The van der Waals surface area contributed by atoms with Gasteiger partial charge < -0.3 is 11.5 Å². The van der Waals surface area contributed by atoms with E-state index in [4.69, 9.17) is 11.5 Å². The van der Waals surface area contributed by atoms with E-state index in [1.165, 1.54) is 12.1 Å². The maximum atomic E-state index is 12.3. The van der Waals surface area contributed by atoms with Gasteiger partial charge in [-0.2, -0.15) is 0 Å². The van der Waals surface area contributed by atoms with E-state index in [1.54, 1.807) is 13.8 Å². The molecule has 0 saturated carbocycles. The normalized spacial score (nSPS) is 12.4. The number of hydrogen-bond acceptors (Lipinski definition) is 4. The predicted molar refractivity (Wildman–Crippen MR) is 84.4 cm³/mol. The summed E-state index contributed by atoms with van der Waals surface area (Å²) in [6, 6.07) is 2.97. The van der Waals surface area contributed by atoms with Crippen molar-refractivity contribution in [2.75, 3.05) is 12.3 Å². The largest absolute Gasteiger partial charge is 0.399 e. The van der Waals surface area contributed by atoms with E-state index < -0.39 is 21.3 Å². The number of anilines is 1. The second kappa shape index (κ2) is 6.00. The number of nitrogen functional groups attached to an aromatic ring is 1. The fourth-order valence-electron chi connectivity index (χ4n) is 1.27. The summed E-state index contributed by atoms with van der Waals surface area (Å²) in [5, 5.41) is 0. The highest BCUT2D eigenvalue weighted by Gasteiger charge is 2.29. The number of amides is 1. The maximum Gasteiger partial charge on any atom is 0.242 e. The molecule has 0 unspecified atom stereocenters. The molecule has 0 fully saturated rings. The quantitative estimate of drug-likeness (QED) is 0.617. The summed E-state index contributed by atoms with van der Waals surface area (Å²) in [5.41, 5.74) is 10.3. The number of hydrogen-bond donors (Lipinski definition) is 3. The lowest BCUT2D eigenvalue weighted by molar-refractivity contribution is -0.125. The Bertz CT molecular complexity index is 621. The van der Waals surface area contributed by atoms with Crippen LogP contribution in [0.2, 0.25) is 0 Å². The van der Waals surface area contributed by atoms with Gasteiger partial charge in [-0.25, -0.2) is 13.1 Å². The Morgan fingerprint density at radius 3 is 2.15 bits per heavy atom. The number of carbonyl (C=O) groups excluding carboxylic acids is 1. The van der Waals surface area contributed by atoms with Crippen LogP contribution in [0.15, 0.2) is 26.0 Å². The van der Waals surface area contributed by atoms with Crippen LogP contribution in [-0.4, -0.2) is 20.9 Å². The summed E-state index contributed by atoms with van der Waals surface area (Å²) in [4.78, 5) is 11.2. The molecule has 1 amide bonds. The van der Waals surface area contributed by atoms with Crippen LogP contribution < -0.4 is 16.2 Å². The summed E-state index contributed by atoms with van der Waals surface area (Å²) in [7, 11) is -3.81. The van der Waals surface area contributed by atoms with Crippen LogP contribution in [0.3, 0.4) is 0 Å². The highest BCUT2D eigenvalue weighted by molar-refractivity contribution is 9.11. The van der Waals surface area contributed by atoms with Gasteiger partial charge in [-0.1, -0.05) is 0 Å². The van der Waals surface area contributed by atoms with Gasteiger partial charge in [0.25, 0.3) is 0 Å². The first kappa shape index (κ1) is 17.4. The van der Waals surface area contributed by atoms with Crippen molar-refractivity contribution in [3.05, 3.63) is 21.1 Å². The van der Waals surface area contributed by atoms with Gasteiger partial charge in [0, 0.05) is 21.2 Å². The molecule has 5 N–H and O–H groups in total. The average Bonchev–Trinajstić information content (AvgIpc) is 2.24. The molecular weight excluding hydrogens is 414 g/mol. The van der Waals surface area contributed by atoms with Crippen LogP contribution in [0.25, 0.3) is 0 Å². The van der Waals surface area contributed by atoms with Gasteiger partial charge in [0.2, 0.25) is 15.9 Å². The van der Waals surface area contributed by atoms with Crippen LogP contribution in [0.5, 0.6) is 0 Å². The average molecular weight is 429 g/mol. The van der Waals surface area contributed by atoms with Crippen LogP contribution in [0, 0.1) is 5.41 Å². The first-order valence-electron chi connectivity index (χ1n) is 5.51. The molecule has 0 saturated heterocycles. The topological polar surface area (TPSA) is 115 Å². The third-order valence-electron chi connectivity index (χ3n) is 2.66. The van der Waals surface area contributed by atoms with Gasteiger partial charge in [-0.15, -0.1) is 0 Å². The molecule has 0 aliphatic heterocycles. The number of halogens is 2. The highest BCUT2D eigenvalue weighted by atomic mass is 79.9. The van der Waals surface area contributed by atoms with Crippen LogP contribution in [-0.2, 0) is 14.8 Å².